The van der Waals surface area contributed by atoms with Crippen molar-refractivity contribution in [2.45, 2.75) is 32.7 Å². The summed E-state index contributed by atoms with van der Waals surface area (Å²) in [6.07, 6.45) is 3.73. The van der Waals surface area contributed by atoms with Gasteiger partial charge in [-0.1, -0.05) is 0 Å². The van der Waals surface area contributed by atoms with Gasteiger partial charge in [0, 0.05) is 11.9 Å². The van der Waals surface area contributed by atoms with E-state index in [1.165, 1.54) is 38.4 Å². The average molecular weight is 275 g/mol. The highest BCUT2D eigenvalue weighted by molar-refractivity contribution is 5.81. The molecular weight excluding hydrogens is 253 g/mol. The number of fused-ring (bicyclic) bond motifs is 1. The molecule has 1 saturated heterocycles. The van der Waals surface area contributed by atoms with Gasteiger partial charge in [-0.05, 0) is 70.4 Å². The molecule has 20 heavy (non-hydrogen) atoms. The molecule has 1 aromatic heterocycles. The molecule has 0 radical (unpaired) electrons. The molecule has 1 aliphatic heterocycles. The Kier molecular flexibility index (Phi) is 3.74. The topological polar surface area (TPSA) is 21.1 Å². The summed E-state index contributed by atoms with van der Waals surface area (Å²) >= 11 is 0. The van der Waals surface area contributed by atoms with E-state index in [9.17, 15) is 4.39 Å². The molecule has 108 valence electrons. The summed E-state index contributed by atoms with van der Waals surface area (Å²) in [6.45, 7) is 5.29. The third kappa shape index (κ3) is 2.70. The summed E-state index contributed by atoms with van der Waals surface area (Å²) in [7, 11) is 2.19. The Morgan fingerprint density at radius 2 is 2.05 bits per heavy atom. The van der Waals surface area contributed by atoms with Gasteiger partial charge in [-0.25, -0.2) is 4.39 Å². The molecule has 0 atom stereocenters. The summed E-state index contributed by atoms with van der Waals surface area (Å²) in [5.74, 6) is 0.613. The molecule has 3 rings (SSSR count). The highest BCUT2D eigenvalue weighted by atomic mass is 19.1. The molecule has 0 N–H and O–H groups in total. The van der Waals surface area contributed by atoms with E-state index < -0.39 is 0 Å². The molecule has 1 fully saturated rings. The Balaban J connectivity index is 1.71. The second-order valence-corrected chi connectivity index (χ2v) is 6.01. The zero-order valence-corrected chi connectivity index (χ0v) is 12.3. The fourth-order valence-corrected chi connectivity index (χ4v) is 3.14. The molecule has 0 bridgehead atoms. The van der Waals surface area contributed by atoms with Crippen LogP contribution in [0.1, 0.15) is 25.0 Å². The van der Waals surface area contributed by atoms with Crippen molar-refractivity contribution >= 4 is 10.9 Å². The molecule has 0 spiro atoms. The number of nitrogens with zero attached hydrogens (tertiary/aromatic N) is 3. The lowest BCUT2D eigenvalue weighted by atomic mass is 9.94. The minimum Gasteiger partial charge on any atom is -0.306 e. The van der Waals surface area contributed by atoms with Crippen LogP contribution in [0.15, 0.2) is 18.2 Å². The molecule has 1 aromatic carbocycles. The van der Waals surface area contributed by atoms with E-state index in [1.54, 1.807) is 6.07 Å². The zero-order chi connectivity index (χ0) is 14.1. The van der Waals surface area contributed by atoms with Crippen molar-refractivity contribution in [3.63, 3.8) is 0 Å². The van der Waals surface area contributed by atoms with Gasteiger partial charge in [0.1, 0.15) is 5.82 Å². The summed E-state index contributed by atoms with van der Waals surface area (Å²) in [5.41, 5.74) is 1.97. The van der Waals surface area contributed by atoms with Crippen LogP contribution in [0.2, 0.25) is 0 Å². The van der Waals surface area contributed by atoms with Gasteiger partial charge in [0.15, 0.2) is 0 Å². The van der Waals surface area contributed by atoms with Gasteiger partial charge in [-0.2, -0.15) is 5.10 Å². The Morgan fingerprint density at radius 3 is 2.80 bits per heavy atom. The SMILES string of the molecule is Cc1nn(CCC2CCN(C)CC2)c2ccc(F)cc12. The maximum atomic E-state index is 13.3. The van der Waals surface area contributed by atoms with Crippen LogP contribution in [0.4, 0.5) is 4.39 Å². The first-order valence-corrected chi connectivity index (χ1v) is 7.44. The van der Waals surface area contributed by atoms with Crippen molar-refractivity contribution in [3.05, 3.63) is 29.7 Å². The molecule has 0 unspecified atom stereocenters. The van der Waals surface area contributed by atoms with Gasteiger partial charge in [-0.15, -0.1) is 0 Å². The lowest BCUT2D eigenvalue weighted by molar-refractivity contribution is 0.207. The average Bonchev–Trinajstić information content (AvgIpc) is 2.74. The first-order valence-electron chi connectivity index (χ1n) is 7.44. The second-order valence-electron chi connectivity index (χ2n) is 6.01. The Morgan fingerprint density at radius 1 is 1.30 bits per heavy atom. The van der Waals surface area contributed by atoms with Crippen molar-refractivity contribution in [1.29, 1.82) is 0 Å². The van der Waals surface area contributed by atoms with Crippen LogP contribution in [-0.2, 0) is 6.54 Å². The predicted molar refractivity (Wildman–Crippen MR) is 79.3 cm³/mol. The number of aromatic nitrogens is 2. The van der Waals surface area contributed by atoms with Gasteiger partial charge in [0.2, 0.25) is 0 Å². The van der Waals surface area contributed by atoms with Crippen LogP contribution < -0.4 is 0 Å². The molecule has 0 amide bonds. The molecule has 0 aliphatic carbocycles. The van der Waals surface area contributed by atoms with Crippen molar-refractivity contribution in [2.24, 2.45) is 5.92 Å². The number of aryl methyl sites for hydroxylation is 2. The standard InChI is InChI=1S/C16H22FN3/c1-12-15-11-14(17)3-4-16(15)20(18-12)10-7-13-5-8-19(2)9-6-13/h3-4,11,13H,5-10H2,1-2H3. The van der Waals surface area contributed by atoms with E-state index in [2.05, 4.69) is 17.0 Å². The molecule has 0 saturated carbocycles. The van der Waals surface area contributed by atoms with Crippen LogP contribution in [0.3, 0.4) is 0 Å². The number of halogens is 1. The smallest absolute Gasteiger partial charge is 0.124 e. The molecule has 2 aromatic rings. The number of benzene rings is 1. The van der Waals surface area contributed by atoms with Crippen molar-refractivity contribution < 1.29 is 4.39 Å². The first kappa shape index (κ1) is 13.6. The lowest BCUT2D eigenvalue weighted by Crippen LogP contribution is -2.30. The van der Waals surface area contributed by atoms with E-state index in [-0.39, 0.29) is 5.82 Å². The van der Waals surface area contributed by atoms with Crippen LogP contribution in [0.25, 0.3) is 10.9 Å². The Bertz CT molecular complexity index is 597. The summed E-state index contributed by atoms with van der Waals surface area (Å²) in [6, 6.07) is 4.96. The lowest BCUT2D eigenvalue weighted by Gasteiger charge is -2.28. The van der Waals surface area contributed by atoms with Gasteiger partial charge in [0.05, 0.1) is 11.2 Å². The fourth-order valence-electron chi connectivity index (χ4n) is 3.14. The van der Waals surface area contributed by atoms with E-state index in [0.29, 0.717) is 0 Å². The normalized spacial score (nSPS) is 17.9. The molecule has 2 heterocycles. The monoisotopic (exact) mass is 275 g/mol. The van der Waals surface area contributed by atoms with Gasteiger partial charge in [-0.3, -0.25) is 4.68 Å². The highest BCUT2D eigenvalue weighted by Gasteiger charge is 2.17. The van der Waals surface area contributed by atoms with Crippen molar-refractivity contribution in [1.82, 2.24) is 14.7 Å². The van der Waals surface area contributed by atoms with E-state index in [4.69, 9.17) is 0 Å². The van der Waals surface area contributed by atoms with E-state index in [1.807, 2.05) is 17.7 Å². The number of hydrogen-bond donors (Lipinski definition) is 0. The number of hydrogen-bond acceptors (Lipinski definition) is 2. The third-order valence-corrected chi connectivity index (χ3v) is 4.48. The van der Waals surface area contributed by atoms with Gasteiger partial charge >= 0.3 is 0 Å². The number of likely N-dealkylation sites (tertiary alicyclic amines) is 1. The maximum absolute atomic E-state index is 13.3. The second kappa shape index (κ2) is 5.52. The van der Waals surface area contributed by atoms with E-state index >= 15 is 0 Å². The maximum Gasteiger partial charge on any atom is 0.124 e. The van der Waals surface area contributed by atoms with Crippen LogP contribution in [-0.4, -0.2) is 34.8 Å². The Hall–Kier alpha value is -1.42. The third-order valence-electron chi connectivity index (χ3n) is 4.48. The van der Waals surface area contributed by atoms with E-state index in [0.717, 1.165) is 29.1 Å². The molecule has 4 heteroatoms. The zero-order valence-electron chi connectivity index (χ0n) is 12.3. The summed E-state index contributed by atoms with van der Waals surface area (Å²) < 4.78 is 15.3. The largest absolute Gasteiger partial charge is 0.306 e. The molecule has 3 nitrogen and oxygen atoms in total. The first-order chi connectivity index (χ1) is 9.63. The summed E-state index contributed by atoms with van der Waals surface area (Å²) in [4.78, 5) is 2.40. The number of rotatable bonds is 3. The van der Waals surface area contributed by atoms with Crippen LogP contribution >= 0.6 is 0 Å². The molecule has 1 aliphatic rings. The van der Waals surface area contributed by atoms with Crippen LogP contribution in [0.5, 0.6) is 0 Å². The summed E-state index contributed by atoms with van der Waals surface area (Å²) in [5, 5.41) is 5.51. The minimum absolute atomic E-state index is 0.185. The van der Waals surface area contributed by atoms with Gasteiger partial charge < -0.3 is 4.90 Å². The Labute approximate surface area is 119 Å². The van der Waals surface area contributed by atoms with Crippen molar-refractivity contribution in [2.75, 3.05) is 20.1 Å². The van der Waals surface area contributed by atoms with Gasteiger partial charge in [0.25, 0.3) is 0 Å². The highest BCUT2D eigenvalue weighted by Crippen LogP contribution is 2.23. The molecular formula is C16H22FN3. The number of piperidine rings is 1. The van der Waals surface area contributed by atoms with Crippen molar-refractivity contribution in [3.8, 4) is 0 Å². The predicted octanol–water partition coefficient (Wildman–Crippen LogP) is 3.22. The fraction of sp³-hybridized carbons (Fsp3) is 0.562. The quantitative estimate of drug-likeness (QED) is 0.857. The van der Waals surface area contributed by atoms with Crippen LogP contribution in [0, 0.1) is 18.7 Å². The minimum atomic E-state index is -0.185.